The Morgan fingerprint density at radius 3 is 0.750 bits per heavy atom. The van der Waals surface area contributed by atoms with Crippen LogP contribution < -0.4 is 16.4 Å². The highest BCUT2D eigenvalue weighted by Crippen LogP contribution is 2.38. The number of hydrogen-bond acceptors (Lipinski definition) is 6. The van der Waals surface area contributed by atoms with Crippen LogP contribution >= 0.6 is 15.9 Å². The molecule has 0 bridgehead atoms. The average Bonchev–Trinajstić information content (AvgIpc) is 3.29. The average molecular weight is 613 g/mol. The number of hydrogen-bond donors (Lipinski definition) is 0. The van der Waals surface area contributed by atoms with E-state index in [4.69, 9.17) is 27.9 Å². The Morgan fingerprint density at radius 1 is 0.375 bits per heavy atom. The summed E-state index contributed by atoms with van der Waals surface area (Å²) in [4.78, 5) is 0. The van der Waals surface area contributed by atoms with Crippen molar-refractivity contribution in [1.82, 2.24) is 0 Å². The highest BCUT2D eigenvalue weighted by Gasteiger charge is 2.54. The Hall–Kier alpha value is -1.13. The van der Waals surface area contributed by atoms with Crippen molar-refractivity contribution in [1.29, 1.82) is 0 Å². The van der Waals surface area contributed by atoms with Crippen LogP contribution in [-0.2, 0) is 27.9 Å². The summed E-state index contributed by atoms with van der Waals surface area (Å²) in [6.45, 7) is 24.7. The zero-order chi connectivity index (χ0) is 29.9. The molecule has 3 aliphatic heterocycles. The Kier molecular flexibility index (Phi) is 8.39. The lowest BCUT2D eigenvalue weighted by molar-refractivity contribution is 0.00578. The maximum absolute atomic E-state index is 6.10. The minimum Gasteiger partial charge on any atom is -0.399 e. The van der Waals surface area contributed by atoms with Gasteiger partial charge >= 0.3 is 21.4 Å². The smallest absolute Gasteiger partial charge is 0.399 e. The maximum atomic E-state index is 6.10. The van der Waals surface area contributed by atoms with E-state index in [0.29, 0.717) is 0 Å². The second-order valence-electron chi connectivity index (χ2n) is 14.0. The molecule has 0 N–H and O–H groups in total. The van der Waals surface area contributed by atoms with Gasteiger partial charge < -0.3 is 27.9 Å². The van der Waals surface area contributed by atoms with E-state index in [1.807, 2.05) is 48.5 Å². The van der Waals surface area contributed by atoms with Crippen LogP contribution in [0.5, 0.6) is 0 Å². The fourth-order valence-corrected chi connectivity index (χ4v) is 4.63. The molecule has 6 nitrogen and oxygen atoms in total. The molecule has 3 heterocycles. The molecule has 216 valence electrons. The minimum absolute atomic E-state index is 0.266. The molecule has 3 saturated heterocycles. The van der Waals surface area contributed by atoms with Crippen molar-refractivity contribution < 1.29 is 27.9 Å². The third-order valence-electron chi connectivity index (χ3n) is 9.38. The van der Waals surface area contributed by atoms with E-state index in [0.717, 1.165) is 20.9 Å². The van der Waals surface area contributed by atoms with E-state index in [-0.39, 0.29) is 55.0 Å². The molecule has 2 aromatic carbocycles. The largest absolute Gasteiger partial charge is 0.494 e. The lowest BCUT2D eigenvalue weighted by Gasteiger charge is -2.32. The van der Waals surface area contributed by atoms with Gasteiger partial charge in [0.05, 0.1) is 33.6 Å². The van der Waals surface area contributed by atoms with E-state index in [1.54, 1.807) is 0 Å². The van der Waals surface area contributed by atoms with Crippen LogP contribution in [0.3, 0.4) is 0 Å². The lowest BCUT2D eigenvalue weighted by atomic mass is 9.74. The van der Waals surface area contributed by atoms with Crippen LogP contribution in [0.1, 0.15) is 83.1 Å². The Labute approximate surface area is 250 Å². The summed E-state index contributed by atoms with van der Waals surface area (Å²) in [6.07, 6.45) is 0. The van der Waals surface area contributed by atoms with Gasteiger partial charge in [0, 0.05) is 4.47 Å². The SMILES string of the molecule is CC1(C)OB(c2ccc(B3OC(C)(C)C(C)(C)O3)cc2)OC1(C)C.CC1(C)OB(c2ccc(Br)cc2)OC1(C)C. The third kappa shape index (κ3) is 6.15. The summed E-state index contributed by atoms with van der Waals surface area (Å²) in [6, 6.07) is 16.2. The summed E-state index contributed by atoms with van der Waals surface area (Å²) in [7, 11) is -0.956. The number of rotatable bonds is 3. The standard InChI is InChI=1S/C18H28B2O4.C12H16BBrO2/c1-15(2)16(3,4)22-19(21-15)13-9-11-14(12-10-13)20-23-17(5,6)18(7,8)24-20;1-11(2)12(3,4)16-13(15-11)9-5-7-10(14)8-6-9/h9-12H,1-8H3;5-8H,1-4H3. The minimum atomic E-state index is -0.345. The first-order valence-corrected chi connectivity index (χ1v) is 14.9. The van der Waals surface area contributed by atoms with E-state index in [1.165, 1.54) is 0 Å². The van der Waals surface area contributed by atoms with Crippen molar-refractivity contribution in [3.63, 3.8) is 0 Å². The highest BCUT2D eigenvalue weighted by atomic mass is 79.9. The molecule has 3 fully saturated rings. The fourth-order valence-electron chi connectivity index (χ4n) is 4.37. The monoisotopic (exact) mass is 612 g/mol. The van der Waals surface area contributed by atoms with Gasteiger partial charge in [-0.1, -0.05) is 52.3 Å². The van der Waals surface area contributed by atoms with E-state index in [9.17, 15) is 0 Å². The van der Waals surface area contributed by atoms with E-state index in [2.05, 4.69) is 99.0 Å². The van der Waals surface area contributed by atoms with Gasteiger partial charge in [-0.2, -0.15) is 0 Å². The maximum Gasteiger partial charge on any atom is 0.494 e. The molecule has 40 heavy (non-hydrogen) atoms. The summed E-state index contributed by atoms with van der Waals surface area (Å²) in [5, 5.41) is 0. The van der Waals surface area contributed by atoms with Gasteiger partial charge in [0.25, 0.3) is 0 Å². The van der Waals surface area contributed by atoms with Crippen LogP contribution in [0.4, 0.5) is 0 Å². The van der Waals surface area contributed by atoms with Gasteiger partial charge in [-0.3, -0.25) is 0 Å². The first kappa shape index (κ1) is 31.8. The fraction of sp³-hybridized carbons (Fsp3) is 0.600. The zero-order valence-electron chi connectivity index (χ0n) is 26.2. The van der Waals surface area contributed by atoms with E-state index < -0.39 is 0 Å². The molecule has 0 spiro atoms. The molecule has 10 heteroatoms. The lowest BCUT2D eigenvalue weighted by Crippen LogP contribution is -2.41. The normalized spacial score (nSPS) is 25.1. The van der Waals surface area contributed by atoms with Crippen LogP contribution in [0.15, 0.2) is 53.0 Å². The van der Waals surface area contributed by atoms with Gasteiger partial charge in [0.15, 0.2) is 0 Å². The molecular formula is C30H44B3BrO6. The van der Waals surface area contributed by atoms with Crippen LogP contribution in [-0.4, -0.2) is 55.0 Å². The van der Waals surface area contributed by atoms with E-state index >= 15 is 0 Å². The van der Waals surface area contributed by atoms with Gasteiger partial charge in [0.2, 0.25) is 0 Å². The molecule has 0 saturated carbocycles. The van der Waals surface area contributed by atoms with Crippen LogP contribution in [0.25, 0.3) is 0 Å². The summed E-state index contributed by atoms with van der Waals surface area (Å²) >= 11 is 3.42. The Morgan fingerprint density at radius 2 is 0.550 bits per heavy atom. The molecule has 0 aliphatic carbocycles. The van der Waals surface area contributed by atoms with Gasteiger partial charge in [-0.15, -0.1) is 0 Å². The van der Waals surface area contributed by atoms with Crippen molar-refractivity contribution in [3.8, 4) is 0 Å². The van der Waals surface area contributed by atoms with Gasteiger partial charge in [0.1, 0.15) is 0 Å². The summed E-state index contributed by atoms with van der Waals surface area (Å²) < 4.78 is 37.4. The van der Waals surface area contributed by atoms with Crippen molar-refractivity contribution in [3.05, 3.63) is 53.0 Å². The molecule has 5 rings (SSSR count). The molecule has 0 amide bonds. The molecular weight excluding hydrogens is 569 g/mol. The predicted molar refractivity (Wildman–Crippen MR) is 168 cm³/mol. The van der Waals surface area contributed by atoms with Crippen molar-refractivity contribution in [2.45, 2.75) is 117 Å². The number of benzene rings is 2. The van der Waals surface area contributed by atoms with Crippen molar-refractivity contribution in [2.24, 2.45) is 0 Å². The molecule has 2 aromatic rings. The second-order valence-corrected chi connectivity index (χ2v) is 14.9. The summed E-state index contributed by atoms with van der Waals surface area (Å²) in [5.41, 5.74) is 1.20. The third-order valence-corrected chi connectivity index (χ3v) is 9.91. The first-order chi connectivity index (χ1) is 18.2. The molecule has 3 aliphatic rings. The quantitative estimate of drug-likeness (QED) is 0.453. The molecule has 0 atom stereocenters. The van der Waals surface area contributed by atoms with Gasteiger partial charge in [-0.25, -0.2) is 0 Å². The van der Waals surface area contributed by atoms with Crippen molar-refractivity contribution >= 4 is 53.7 Å². The Balaban J connectivity index is 0.000000201. The number of halogens is 1. The van der Waals surface area contributed by atoms with Crippen molar-refractivity contribution in [2.75, 3.05) is 0 Å². The van der Waals surface area contributed by atoms with Crippen LogP contribution in [0, 0.1) is 0 Å². The Bertz CT molecular complexity index is 1090. The van der Waals surface area contributed by atoms with Crippen LogP contribution in [0.2, 0.25) is 0 Å². The summed E-state index contributed by atoms with van der Waals surface area (Å²) in [5.74, 6) is 0. The highest BCUT2D eigenvalue weighted by molar-refractivity contribution is 9.10. The second kappa shape index (κ2) is 10.5. The topological polar surface area (TPSA) is 55.4 Å². The molecule has 0 aromatic heterocycles. The predicted octanol–water partition coefficient (Wildman–Crippen LogP) is 5.03. The molecule has 0 radical (unpaired) electrons. The van der Waals surface area contributed by atoms with Gasteiger partial charge in [-0.05, 0) is 112 Å². The zero-order valence-corrected chi connectivity index (χ0v) is 27.8. The molecule has 0 unspecified atom stereocenters. The first-order valence-electron chi connectivity index (χ1n) is 14.1.